The van der Waals surface area contributed by atoms with Gasteiger partial charge in [-0.05, 0) is 37.2 Å². The normalized spacial score (nSPS) is 14.4. The van der Waals surface area contributed by atoms with Crippen LogP contribution in [0.2, 0.25) is 0 Å². The topological polar surface area (TPSA) is 90.0 Å². The summed E-state index contributed by atoms with van der Waals surface area (Å²) in [6, 6.07) is 8.50. The van der Waals surface area contributed by atoms with Gasteiger partial charge in [-0.1, -0.05) is 51.1 Å². The first-order valence-corrected chi connectivity index (χ1v) is 9.97. The predicted octanol–water partition coefficient (Wildman–Crippen LogP) is 2.48. The summed E-state index contributed by atoms with van der Waals surface area (Å²) in [5.74, 6) is -1.19. The third kappa shape index (κ3) is 7.49. The molecule has 3 amide bonds. The van der Waals surface area contributed by atoms with Gasteiger partial charge in [0.2, 0.25) is 18.2 Å². The molecule has 0 aromatic heterocycles. The lowest BCUT2D eigenvalue weighted by atomic mass is 9.84. The highest BCUT2D eigenvalue weighted by atomic mass is 16.5. The fraction of sp³-hybridized carbons (Fsp3) is 0.591. The Morgan fingerprint density at radius 2 is 1.76 bits per heavy atom. The van der Waals surface area contributed by atoms with Gasteiger partial charge in [0.05, 0.1) is 12.0 Å². The van der Waals surface area contributed by atoms with Crippen LogP contribution in [0.25, 0.3) is 0 Å². The maximum absolute atomic E-state index is 13.1. The summed E-state index contributed by atoms with van der Waals surface area (Å²) in [6.07, 6.45) is 2.26. The molecule has 0 spiro atoms. The molecule has 162 valence electrons. The average molecular weight is 406 g/mol. The van der Waals surface area contributed by atoms with Crippen LogP contribution in [0.5, 0.6) is 0 Å². The van der Waals surface area contributed by atoms with Gasteiger partial charge in [0.15, 0.2) is 0 Å². The molecule has 29 heavy (non-hydrogen) atoms. The Labute approximate surface area is 174 Å². The number of hydroxylamine groups is 2. The van der Waals surface area contributed by atoms with E-state index in [4.69, 9.17) is 0 Å². The number of benzene rings is 1. The van der Waals surface area contributed by atoms with Crippen molar-refractivity contribution in [1.29, 1.82) is 0 Å². The first-order chi connectivity index (χ1) is 13.5. The number of aryl methyl sites for hydroxylation is 1. The molecule has 2 unspecified atom stereocenters. The van der Waals surface area contributed by atoms with Gasteiger partial charge in [0.1, 0.15) is 6.04 Å². The van der Waals surface area contributed by atoms with Crippen LogP contribution in [0.1, 0.15) is 46.1 Å². The molecular formula is C22H35N3O4. The van der Waals surface area contributed by atoms with Gasteiger partial charge in [-0.3, -0.25) is 19.6 Å². The van der Waals surface area contributed by atoms with Crippen LogP contribution in [0, 0.1) is 11.3 Å². The molecule has 3 atom stereocenters. The molecular weight excluding hydrogens is 370 g/mol. The number of hydrogen-bond donors (Lipinski definition) is 2. The standard InChI is InChI=1S/C22H35N3O4/c1-16(25(29)15-26)18(14-10-13-17-11-8-7-9-12-17)20(27)23-19(22(2,3)4)21(28)24(5)6/h7-9,11-12,15-16,18-19,29H,10,13-14H2,1-6H3,(H,23,27)/t16-,18?,19?/m1/s1. The molecule has 0 bridgehead atoms. The van der Waals surface area contributed by atoms with Gasteiger partial charge in [0, 0.05) is 14.1 Å². The quantitative estimate of drug-likeness (QED) is 0.355. The van der Waals surface area contributed by atoms with E-state index < -0.39 is 23.4 Å². The Morgan fingerprint density at radius 1 is 1.17 bits per heavy atom. The van der Waals surface area contributed by atoms with Crippen molar-refractivity contribution < 1.29 is 19.6 Å². The molecule has 0 saturated carbocycles. The van der Waals surface area contributed by atoms with Crippen molar-refractivity contribution >= 4 is 18.2 Å². The zero-order chi connectivity index (χ0) is 22.2. The molecule has 0 aliphatic heterocycles. The SMILES string of the molecule is C[C@H](C(CCCc1ccccc1)C(=O)NC(C(=O)N(C)C)C(C)(C)C)N(O)C=O. The van der Waals surface area contributed by atoms with Gasteiger partial charge in [-0.15, -0.1) is 0 Å². The first-order valence-electron chi connectivity index (χ1n) is 9.97. The van der Waals surface area contributed by atoms with Crippen molar-refractivity contribution in [3.63, 3.8) is 0 Å². The number of hydrogen-bond acceptors (Lipinski definition) is 4. The molecule has 1 rings (SSSR count). The van der Waals surface area contributed by atoms with Crippen LogP contribution in [0.15, 0.2) is 30.3 Å². The van der Waals surface area contributed by atoms with Crippen LogP contribution in [0.3, 0.4) is 0 Å². The number of carbonyl (C=O) groups is 3. The van der Waals surface area contributed by atoms with Gasteiger partial charge < -0.3 is 10.2 Å². The van der Waals surface area contributed by atoms with Gasteiger partial charge >= 0.3 is 0 Å². The highest BCUT2D eigenvalue weighted by Gasteiger charge is 2.37. The molecule has 2 N–H and O–H groups in total. The van der Waals surface area contributed by atoms with Gasteiger partial charge in [0.25, 0.3) is 0 Å². The van der Waals surface area contributed by atoms with Crippen molar-refractivity contribution in [2.45, 2.75) is 59.0 Å². The van der Waals surface area contributed by atoms with E-state index in [9.17, 15) is 19.6 Å². The van der Waals surface area contributed by atoms with Crippen LogP contribution in [-0.2, 0) is 20.8 Å². The van der Waals surface area contributed by atoms with E-state index in [1.807, 2.05) is 51.1 Å². The summed E-state index contributed by atoms with van der Waals surface area (Å²) >= 11 is 0. The molecule has 0 aliphatic carbocycles. The lowest BCUT2D eigenvalue weighted by Gasteiger charge is -2.35. The highest BCUT2D eigenvalue weighted by Crippen LogP contribution is 2.23. The summed E-state index contributed by atoms with van der Waals surface area (Å²) in [5.41, 5.74) is 0.671. The second kappa shape index (κ2) is 11.0. The van der Waals surface area contributed by atoms with E-state index in [-0.39, 0.29) is 11.8 Å². The molecule has 1 aromatic rings. The van der Waals surface area contributed by atoms with Crippen molar-refractivity contribution in [2.75, 3.05) is 14.1 Å². The van der Waals surface area contributed by atoms with Gasteiger partial charge in [-0.25, -0.2) is 5.06 Å². The summed E-state index contributed by atoms with van der Waals surface area (Å²) in [7, 11) is 3.30. The molecule has 0 saturated heterocycles. The minimum atomic E-state index is -0.711. The zero-order valence-corrected chi connectivity index (χ0v) is 18.4. The summed E-state index contributed by atoms with van der Waals surface area (Å²) in [6.45, 7) is 7.28. The van der Waals surface area contributed by atoms with Gasteiger partial charge in [-0.2, -0.15) is 0 Å². The second-order valence-electron chi connectivity index (χ2n) is 8.75. The zero-order valence-electron chi connectivity index (χ0n) is 18.4. The molecule has 0 radical (unpaired) electrons. The van der Waals surface area contributed by atoms with Crippen molar-refractivity contribution in [2.24, 2.45) is 11.3 Å². The fourth-order valence-corrected chi connectivity index (χ4v) is 3.20. The summed E-state index contributed by atoms with van der Waals surface area (Å²) in [5, 5.41) is 13.2. The highest BCUT2D eigenvalue weighted by molar-refractivity contribution is 5.89. The second-order valence-corrected chi connectivity index (χ2v) is 8.75. The van der Waals surface area contributed by atoms with Crippen LogP contribution in [-0.4, -0.2) is 59.6 Å². The number of rotatable bonds is 10. The lowest BCUT2D eigenvalue weighted by Crippen LogP contribution is -2.56. The molecule has 0 heterocycles. The smallest absolute Gasteiger partial charge is 0.245 e. The number of nitrogens with one attached hydrogen (secondary N) is 1. The molecule has 7 nitrogen and oxygen atoms in total. The Hall–Kier alpha value is -2.41. The lowest BCUT2D eigenvalue weighted by molar-refractivity contribution is -0.166. The summed E-state index contributed by atoms with van der Waals surface area (Å²) in [4.78, 5) is 38.2. The Morgan fingerprint density at radius 3 is 2.24 bits per heavy atom. The average Bonchev–Trinajstić information content (AvgIpc) is 2.67. The third-order valence-electron chi connectivity index (χ3n) is 5.11. The largest absolute Gasteiger partial charge is 0.347 e. The van der Waals surface area contributed by atoms with E-state index >= 15 is 0 Å². The first kappa shape index (κ1) is 24.6. The minimum absolute atomic E-state index is 0.196. The maximum atomic E-state index is 13.1. The van der Waals surface area contributed by atoms with Crippen LogP contribution >= 0.6 is 0 Å². The molecule has 7 heteroatoms. The summed E-state index contributed by atoms with van der Waals surface area (Å²) < 4.78 is 0. The third-order valence-corrected chi connectivity index (χ3v) is 5.11. The monoisotopic (exact) mass is 405 g/mol. The predicted molar refractivity (Wildman–Crippen MR) is 112 cm³/mol. The van der Waals surface area contributed by atoms with E-state index in [0.717, 1.165) is 12.0 Å². The number of carbonyl (C=O) groups excluding carboxylic acids is 3. The van der Waals surface area contributed by atoms with Crippen molar-refractivity contribution in [3.8, 4) is 0 Å². The van der Waals surface area contributed by atoms with E-state index in [0.29, 0.717) is 24.3 Å². The number of nitrogens with zero attached hydrogens (tertiary/aromatic N) is 2. The Kier molecular flexibility index (Phi) is 9.30. The minimum Gasteiger partial charge on any atom is -0.347 e. The van der Waals surface area contributed by atoms with Crippen molar-refractivity contribution in [3.05, 3.63) is 35.9 Å². The van der Waals surface area contributed by atoms with E-state index in [1.54, 1.807) is 21.0 Å². The Bertz CT molecular complexity index is 670. The van der Waals surface area contributed by atoms with E-state index in [1.165, 1.54) is 4.90 Å². The molecule has 1 aromatic carbocycles. The van der Waals surface area contributed by atoms with E-state index in [2.05, 4.69) is 5.32 Å². The van der Waals surface area contributed by atoms with Crippen molar-refractivity contribution in [1.82, 2.24) is 15.3 Å². The van der Waals surface area contributed by atoms with Crippen LogP contribution in [0.4, 0.5) is 0 Å². The number of likely N-dealkylation sites (N-methyl/N-ethyl adjacent to an activating group) is 1. The molecule has 0 aliphatic rings. The fourth-order valence-electron chi connectivity index (χ4n) is 3.20. The molecule has 0 fully saturated rings. The van der Waals surface area contributed by atoms with Crippen LogP contribution < -0.4 is 5.32 Å². The maximum Gasteiger partial charge on any atom is 0.245 e. The Balaban J connectivity index is 2.95. The number of amides is 3.